The first-order chi connectivity index (χ1) is 9.74. The number of halogens is 1. The summed E-state index contributed by atoms with van der Waals surface area (Å²) in [6, 6.07) is 0. The first-order valence-corrected chi connectivity index (χ1v) is 7.88. The number of nitrogen functional groups attached to an aromatic ring is 1. The van der Waals surface area contributed by atoms with Gasteiger partial charge in [0.15, 0.2) is 20.2 Å². The molecule has 0 bridgehead atoms. The standard InChI is InChI=1S/C11H14ClN5O2S2/c1-11(2,3)8-15-16-9(17(8)13)21-10-14-6(12)5(20-10)7(18)19-4/h13H2,1-4H3. The minimum Gasteiger partial charge on any atom is -0.465 e. The molecule has 7 nitrogen and oxygen atoms in total. The fourth-order valence-electron chi connectivity index (χ4n) is 1.48. The van der Waals surface area contributed by atoms with Crippen LogP contribution in [0.25, 0.3) is 0 Å². The number of carbonyl (C=O) groups is 1. The van der Waals surface area contributed by atoms with E-state index in [1.165, 1.54) is 23.5 Å². The highest BCUT2D eigenvalue weighted by Gasteiger charge is 2.25. The zero-order chi connectivity index (χ0) is 15.8. The second-order valence-electron chi connectivity index (χ2n) is 5.12. The summed E-state index contributed by atoms with van der Waals surface area (Å²) in [4.78, 5) is 15.8. The van der Waals surface area contributed by atoms with Crippen molar-refractivity contribution in [2.45, 2.75) is 35.7 Å². The predicted molar refractivity (Wildman–Crippen MR) is 81.5 cm³/mol. The van der Waals surface area contributed by atoms with Gasteiger partial charge in [0.05, 0.1) is 7.11 Å². The molecular weight excluding hydrogens is 334 g/mol. The normalized spacial score (nSPS) is 11.7. The van der Waals surface area contributed by atoms with Gasteiger partial charge in [-0.3, -0.25) is 0 Å². The second kappa shape index (κ2) is 5.82. The molecule has 2 N–H and O–H groups in total. The van der Waals surface area contributed by atoms with Crippen molar-refractivity contribution in [1.29, 1.82) is 0 Å². The number of nitrogens with two attached hydrogens (primary N) is 1. The van der Waals surface area contributed by atoms with Crippen LogP contribution < -0.4 is 5.84 Å². The summed E-state index contributed by atoms with van der Waals surface area (Å²) in [6.07, 6.45) is 0. The Kier molecular flexibility index (Phi) is 4.45. The Bertz CT molecular complexity index is 677. The third-order valence-corrected chi connectivity index (χ3v) is 4.89. The van der Waals surface area contributed by atoms with Crippen molar-refractivity contribution in [3.8, 4) is 0 Å². The van der Waals surface area contributed by atoms with Gasteiger partial charge >= 0.3 is 5.97 Å². The van der Waals surface area contributed by atoms with E-state index in [0.29, 0.717) is 15.3 Å². The van der Waals surface area contributed by atoms with Crippen LogP contribution in [-0.4, -0.2) is 32.9 Å². The lowest BCUT2D eigenvalue weighted by Crippen LogP contribution is -2.24. The molecule has 2 aromatic heterocycles. The van der Waals surface area contributed by atoms with E-state index in [1.807, 2.05) is 20.8 Å². The average molecular weight is 348 g/mol. The molecule has 0 unspecified atom stereocenters. The number of nitrogens with zero attached hydrogens (tertiary/aromatic N) is 4. The molecule has 0 amide bonds. The SMILES string of the molecule is COC(=O)c1sc(Sc2nnc(C(C)(C)C)n2N)nc1Cl. The van der Waals surface area contributed by atoms with E-state index in [-0.39, 0.29) is 15.4 Å². The van der Waals surface area contributed by atoms with E-state index < -0.39 is 5.97 Å². The van der Waals surface area contributed by atoms with Gasteiger partial charge in [0.25, 0.3) is 0 Å². The Hall–Kier alpha value is -1.32. The predicted octanol–water partition coefficient (Wildman–Crippen LogP) is 2.34. The van der Waals surface area contributed by atoms with Gasteiger partial charge in [-0.05, 0) is 11.8 Å². The van der Waals surface area contributed by atoms with Crippen LogP contribution in [0.4, 0.5) is 0 Å². The van der Waals surface area contributed by atoms with Gasteiger partial charge in [0, 0.05) is 5.41 Å². The molecule has 0 radical (unpaired) electrons. The zero-order valence-electron chi connectivity index (χ0n) is 11.9. The molecule has 0 fully saturated rings. The Balaban J connectivity index is 2.28. The Morgan fingerprint density at radius 3 is 2.62 bits per heavy atom. The number of hydrogen-bond acceptors (Lipinski definition) is 8. The maximum absolute atomic E-state index is 11.5. The topological polar surface area (TPSA) is 95.9 Å². The van der Waals surface area contributed by atoms with Gasteiger partial charge < -0.3 is 10.6 Å². The monoisotopic (exact) mass is 347 g/mol. The lowest BCUT2D eigenvalue weighted by Gasteiger charge is -2.16. The van der Waals surface area contributed by atoms with Gasteiger partial charge in [0.2, 0.25) is 5.16 Å². The van der Waals surface area contributed by atoms with Crippen molar-refractivity contribution < 1.29 is 9.53 Å². The summed E-state index contributed by atoms with van der Waals surface area (Å²) < 4.78 is 6.59. The number of hydrogen-bond donors (Lipinski definition) is 1. The van der Waals surface area contributed by atoms with Gasteiger partial charge in [0.1, 0.15) is 0 Å². The van der Waals surface area contributed by atoms with Gasteiger partial charge in [-0.25, -0.2) is 14.5 Å². The minimum absolute atomic E-state index is 0.105. The molecule has 10 heteroatoms. The molecular formula is C11H14ClN5O2S2. The zero-order valence-corrected chi connectivity index (χ0v) is 14.3. The molecule has 0 aromatic carbocycles. The largest absolute Gasteiger partial charge is 0.465 e. The van der Waals surface area contributed by atoms with E-state index in [0.717, 1.165) is 11.3 Å². The number of methoxy groups -OCH3 is 1. The van der Waals surface area contributed by atoms with Crippen molar-refractivity contribution >= 4 is 40.7 Å². The highest BCUT2D eigenvalue weighted by atomic mass is 35.5. The number of aromatic nitrogens is 4. The number of thiazole rings is 1. The molecule has 21 heavy (non-hydrogen) atoms. The van der Waals surface area contributed by atoms with Crippen LogP contribution in [0, 0.1) is 0 Å². The number of rotatable bonds is 3. The third kappa shape index (κ3) is 3.30. The summed E-state index contributed by atoms with van der Waals surface area (Å²) in [6.45, 7) is 5.97. The number of esters is 1. The second-order valence-corrected chi connectivity index (χ2v) is 7.69. The van der Waals surface area contributed by atoms with E-state index in [1.54, 1.807) is 0 Å². The molecule has 114 valence electrons. The molecule has 2 heterocycles. The van der Waals surface area contributed by atoms with Crippen LogP contribution >= 0.6 is 34.7 Å². The maximum atomic E-state index is 11.5. The first kappa shape index (κ1) is 16.1. The fraction of sp³-hybridized carbons (Fsp3) is 0.455. The van der Waals surface area contributed by atoms with Gasteiger partial charge in [-0.15, -0.1) is 10.2 Å². The average Bonchev–Trinajstić information content (AvgIpc) is 2.93. The molecule has 0 aliphatic heterocycles. The van der Waals surface area contributed by atoms with Gasteiger partial charge in [-0.1, -0.05) is 43.7 Å². The van der Waals surface area contributed by atoms with E-state index in [4.69, 9.17) is 17.4 Å². The molecule has 0 aliphatic rings. The Morgan fingerprint density at radius 2 is 2.10 bits per heavy atom. The Labute approximate surface area is 134 Å². The lowest BCUT2D eigenvalue weighted by molar-refractivity contribution is 0.0606. The molecule has 0 saturated heterocycles. The number of carbonyl (C=O) groups excluding carboxylic acids is 1. The van der Waals surface area contributed by atoms with E-state index in [9.17, 15) is 4.79 Å². The third-order valence-electron chi connectivity index (χ3n) is 2.45. The van der Waals surface area contributed by atoms with Crippen molar-refractivity contribution in [3.63, 3.8) is 0 Å². The van der Waals surface area contributed by atoms with Crippen molar-refractivity contribution in [1.82, 2.24) is 19.9 Å². The molecule has 0 atom stereocenters. The van der Waals surface area contributed by atoms with Crippen LogP contribution in [0.15, 0.2) is 9.50 Å². The van der Waals surface area contributed by atoms with Crippen LogP contribution in [0.2, 0.25) is 5.15 Å². The molecule has 2 aromatic rings. The van der Waals surface area contributed by atoms with Crippen molar-refractivity contribution in [2.24, 2.45) is 0 Å². The molecule has 0 aliphatic carbocycles. The minimum atomic E-state index is -0.519. The van der Waals surface area contributed by atoms with Crippen LogP contribution in [-0.2, 0) is 10.2 Å². The molecule has 0 spiro atoms. The number of ether oxygens (including phenoxy) is 1. The van der Waals surface area contributed by atoms with E-state index in [2.05, 4.69) is 19.9 Å². The Morgan fingerprint density at radius 1 is 1.43 bits per heavy atom. The summed E-state index contributed by atoms with van der Waals surface area (Å²) in [7, 11) is 1.29. The highest BCUT2D eigenvalue weighted by molar-refractivity contribution is 8.00. The van der Waals surface area contributed by atoms with Gasteiger partial charge in [-0.2, -0.15) is 0 Å². The van der Waals surface area contributed by atoms with Crippen LogP contribution in [0.1, 0.15) is 36.3 Å². The fourth-order valence-corrected chi connectivity index (χ4v) is 3.67. The van der Waals surface area contributed by atoms with E-state index >= 15 is 0 Å². The molecule has 0 saturated carbocycles. The van der Waals surface area contributed by atoms with Crippen molar-refractivity contribution in [2.75, 3.05) is 13.0 Å². The summed E-state index contributed by atoms with van der Waals surface area (Å²) in [5.74, 6) is 6.13. The summed E-state index contributed by atoms with van der Waals surface area (Å²) in [5, 5.41) is 8.70. The lowest BCUT2D eigenvalue weighted by atomic mass is 9.96. The van der Waals surface area contributed by atoms with Crippen LogP contribution in [0.5, 0.6) is 0 Å². The van der Waals surface area contributed by atoms with Crippen LogP contribution in [0.3, 0.4) is 0 Å². The van der Waals surface area contributed by atoms with Crippen molar-refractivity contribution in [3.05, 3.63) is 15.9 Å². The molecule has 2 rings (SSSR count). The smallest absolute Gasteiger partial charge is 0.351 e. The highest BCUT2D eigenvalue weighted by Crippen LogP contribution is 2.35. The quantitative estimate of drug-likeness (QED) is 0.672. The first-order valence-electron chi connectivity index (χ1n) is 5.87. The summed E-state index contributed by atoms with van der Waals surface area (Å²) in [5.41, 5.74) is -0.224. The maximum Gasteiger partial charge on any atom is 0.351 e. The summed E-state index contributed by atoms with van der Waals surface area (Å²) >= 11 is 8.23.